The first kappa shape index (κ1) is 22.3. The van der Waals surface area contributed by atoms with E-state index in [9.17, 15) is 21.6 Å². The molecule has 1 aliphatic carbocycles. The zero-order valence-electron chi connectivity index (χ0n) is 15.2. The van der Waals surface area contributed by atoms with Gasteiger partial charge in [-0.3, -0.25) is 4.72 Å². The van der Waals surface area contributed by atoms with Crippen LogP contribution in [0.1, 0.15) is 19.3 Å². The fourth-order valence-electron chi connectivity index (χ4n) is 2.92. The van der Waals surface area contributed by atoms with E-state index in [-0.39, 0.29) is 5.75 Å². The van der Waals surface area contributed by atoms with Crippen molar-refractivity contribution in [1.82, 2.24) is 5.32 Å². The monoisotopic (exact) mass is 423 g/mol. The molecule has 1 saturated carbocycles. The van der Waals surface area contributed by atoms with Crippen molar-refractivity contribution in [3.8, 4) is 0 Å². The van der Waals surface area contributed by atoms with E-state index >= 15 is 0 Å². The SMILES string of the molecule is O=C(O)C(F)(F)F.O=S(=O)(CC1CCC1)Nc1ccccc1N1CCNCC1. The van der Waals surface area contributed by atoms with Gasteiger partial charge in [-0.1, -0.05) is 18.6 Å². The van der Waals surface area contributed by atoms with Crippen molar-refractivity contribution in [3.05, 3.63) is 24.3 Å². The zero-order valence-corrected chi connectivity index (χ0v) is 16.0. The fourth-order valence-corrected chi connectivity index (χ4v) is 4.47. The second kappa shape index (κ2) is 9.46. The second-order valence-electron chi connectivity index (χ2n) is 6.74. The summed E-state index contributed by atoms with van der Waals surface area (Å²) in [5.41, 5.74) is 1.69. The fraction of sp³-hybridized carbons (Fsp3) is 0.588. The Bertz CT molecular complexity index is 761. The minimum absolute atomic E-state index is 0.253. The number of hydrogen-bond acceptors (Lipinski definition) is 5. The maximum Gasteiger partial charge on any atom is 0.490 e. The Hall–Kier alpha value is -2.01. The van der Waals surface area contributed by atoms with E-state index in [0.717, 1.165) is 51.1 Å². The van der Waals surface area contributed by atoms with Crippen LogP contribution in [0.2, 0.25) is 0 Å². The Morgan fingerprint density at radius 1 is 1.21 bits per heavy atom. The van der Waals surface area contributed by atoms with Gasteiger partial charge in [-0.2, -0.15) is 13.2 Å². The summed E-state index contributed by atoms with van der Waals surface area (Å²) in [6.45, 7) is 3.68. The quantitative estimate of drug-likeness (QED) is 0.672. The summed E-state index contributed by atoms with van der Waals surface area (Å²) >= 11 is 0. The van der Waals surface area contributed by atoms with Gasteiger partial charge in [0.05, 0.1) is 17.1 Å². The van der Waals surface area contributed by atoms with E-state index in [1.54, 1.807) is 0 Å². The molecule has 0 spiro atoms. The Labute approximate surface area is 162 Å². The van der Waals surface area contributed by atoms with Gasteiger partial charge in [0, 0.05) is 26.2 Å². The Balaban J connectivity index is 0.000000345. The number of carboxylic acid groups (broad SMARTS) is 1. The molecule has 2 aliphatic rings. The molecular formula is C17H24F3N3O4S. The van der Waals surface area contributed by atoms with Gasteiger partial charge in [0.25, 0.3) is 0 Å². The normalized spacial score (nSPS) is 17.9. The molecule has 1 aromatic carbocycles. The number of benzene rings is 1. The van der Waals surface area contributed by atoms with Crippen molar-refractivity contribution in [2.75, 3.05) is 41.6 Å². The third kappa shape index (κ3) is 6.86. The molecule has 1 saturated heterocycles. The number of para-hydroxylation sites is 2. The molecule has 0 unspecified atom stereocenters. The van der Waals surface area contributed by atoms with Gasteiger partial charge >= 0.3 is 12.1 Å². The van der Waals surface area contributed by atoms with Crippen LogP contribution in [-0.4, -0.2) is 57.6 Å². The van der Waals surface area contributed by atoms with Crippen LogP contribution in [0.4, 0.5) is 24.5 Å². The number of carboxylic acids is 1. The molecule has 1 aliphatic heterocycles. The van der Waals surface area contributed by atoms with E-state index < -0.39 is 22.2 Å². The lowest BCUT2D eigenvalue weighted by Crippen LogP contribution is -2.43. The molecule has 0 bridgehead atoms. The van der Waals surface area contributed by atoms with Crippen LogP contribution in [0.3, 0.4) is 0 Å². The molecule has 158 valence electrons. The average Bonchev–Trinajstić information content (AvgIpc) is 2.59. The average molecular weight is 423 g/mol. The molecule has 7 nitrogen and oxygen atoms in total. The van der Waals surface area contributed by atoms with Gasteiger partial charge in [-0.25, -0.2) is 13.2 Å². The number of alkyl halides is 3. The molecule has 3 rings (SSSR count). The van der Waals surface area contributed by atoms with Crippen molar-refractivity contribution in [2.45, 2.75) is 25.4 Å². The van der Waals surface area contributed by atoms with Crippen molar-refractivity contribution in [1.29, 1.82) is 0 Å². The van der Waals surface area contributed by atoms with Crippen LogP contribution in [0.25, 0.3) is 0 Å². The van der Waals surface area contributed by atoms with Gasteiger partial charge in [-0.05, 0) is 30.9 Å². The first-order chi connectivity index (χ1) is 13.1. The summed E-state index contributed by atoms with van der Waals surface area (Å²) in [7, 11) is -3.25. The zero-order chi connectivity index (χ0) is 20.8. The summed E-state index contributed by atoms with van der Waals surface area (Å²) in [5.74, 6) is -2.16. The smallest absolute Gasteiger partial charge is 0.475 e. The molecule has 0 radical (unpaired) electrons. The lowest BCUT2D eigenvalue weighted by atomic mass is 9.87. The molecule has 1 heterocycles. The van der Waals surface area contributed by atoms with Gasteiger partial charge in [0.1, 0.15) is 0 Å². The molecule has 11 heteroatoms. The molecular weight excluding hydrogens is 399 g/mol. The molecule has 28 heavy (non-hydrogen) atoms. The highest BCUT2D eigenvalue weighted by atomic mass is 32.2. The second-order valence-corrected chi connectivity index (χ2v) is 8.50. The molecule has 3 N–H and O–H groups in total. The minimum atomic E-state index is -5.08. The van der Waals surface area contributed by atoms with Crippen molar-refractivity contribution < 1.29 is 31.5 Å². The van der Waals surface area contributed by atoms with E-state index in [4.69, 9.17) is 9.90 Å². The van der Waals surface area contributed by atoms with Crippen LogP contribution in [-0.2, 0) is 14.8 Å². The molecule has 2 fully saturated rings. The summed E-state index contributed by atoms with van der Waals surface area (Å²) in [6.07, 6.45) is -1.84. The van der Waals surface area contributed by atoms with Crippen LogP contribution in [0.15, 0.2) is 24.3 Å². The van der Waals surface area contributed by atoms with E-state index in [1.165, 1.54) is 0 Å². The number of anilines is 2. The Kier molecular flexibility index (Phi) is 7.53. The number of carbonyl (C=O) groups is 1. The topological polar surface area (TPSA) is 98.7 Å². The Morgan fingerprint density at radius 2 is 1.79 bits per heavy atom. The van der Waals surface area contributed by atoms with Crippen LogP contribution < -0.4 is 14.9 Å². The number of rotatable bonds is 5. The lowest BCUT2D eigenvalue weighted by molar-refractivity contribution is -0.192. The predicted molar refractivity (Wildman–Crippen MR) is 100.0 cm³/mol. The largest absolute Gasteiger partial charge is 0.490 e. The standard InChI is InChI=1S/C15H23N3O2S.C2HF3O2/c19-21(20,12-13-4-3-5-13)17-14-6-1-2-7-15(14)18-10-8-16-9-11-18;3-2(4,5)1(6)7/h1-2,6-7,13,16-17H,3-5,8-12H2;(H,6,7). The van der Waals surface area contributed by atoms with E-state index in [0.29, 0.717) is 11.6 Å². The van der Waals surface area contributed by atoms with E-state index in [1.807, 2.05) is 24.3 Å². The van der Waals surface area contributed by atoms with Crippen molar-refractivity contribution in [3.63, 3.8) is 0 Å². The predicted octanol–water partition coefficient (Wildman–Crippen LogP) is 2.27. The molecule has 0 amide bonds. The van der Waals surface area contributed by atoms with Crippen LogP contribution in [0, 0.1) is 5.92 Å². The number of piperazine rings is 1. The highest BCUT2D eigenvalue weighted by Gasteiger charge is 2.38. The lowest BCUT2D eigenvalue weighted by Gasteiger charge is -2.31. The summed E-state index contributed by atoms with van der Waals surface area (Å²) < 4.78 is 59.1. The summed E-state index contributed by atoms with van der Waals surface area (Å²) in [5, 5.41) is 10.4. The third-order valence-corrected chi connectivity index (χ3v) is 5.99. The first-order valence-electron chi connectivity index (χ1n) is 8.94. The van der Waals surface area contributed by atoms with Gasteiger partial charge < -0.3 is 15.3 Å². The Morgan fingerprint density at radius 3 is 2.29 bits per heavy atom. The first-order valence-corrected chi connectivity index (χ1v) is 10.6. The van der Waals surface area contributed by atoms with Crippen LogP contribution >= 0.6 is 0 Å². The van der Waals surface area contributed by atoms with E-state index in [2.05, 4.69) is 14.9 Å². The number of nitrogens with zero attached hydrogens (tertiary/aromatic N) is 1. The molecule has 0 aromatic heterocycles. The molecule has 1 aromatic rings. The number of halogens is 3. The van der Waals surface area contributed by atoms with Gasteiger partial charge in [0.2, 0.25) is 10.0 Å². The van der Waals surface area contributed by atoms with Gasteiger partial charge in [-0.15, -0.1) is 0 Å². The summed E-state index contributed by atoms with van der Waals surface area (Å²) in [6, 6.07) is 7.69. The number of nitrogens with one attached hydrogen (secondary N) is 2. The van der Waals surface area contributed by atoms with Crippen molar-refractivity contribution >= 4 is 27.4 Å². The maximum absolute atomic E-state index is 12.3. The highest BCUT2D eigenvalue weighted by Crippen LogP contribution is 2.30. The van der Waals surface area contributed by atoms with Crippen LogP contribution in [0.5, 0.6) is 0 Å². The summed E-state index contributed by atoms with van der Waals surface area (Å²) in [4.78, 5) is 11.1. The van der Waals surface area contributed by atoms with Gasteiger partial charge in [0.15, 0.2) is 0 Å². The number of aliphatic carboxylic acids is 1. The maximum atomic E-state index is 12.3. The minimum Gasteiger partial charge on any atom is -0.475 e. The number of hydrogen-bond donors (Lipinski definition) is 3. The highest BCUT2D eigenvalue weighted by molar-refractivity contribution is 7.92. The third-order valence-electron chi connectivity index (χ3n) is 4.55. The van der Waals surface area contributed by atoms with Crippen molar-refractivity contribution in [2.24, 2.45) is 5.92 Å². The molecule has 0 atom stereocenters. The number of sulfonamides is 1.